The molecule has 10 heteroatoms. The number of benzene rings is 1. The molecule has 0 aliphatic heterocycles. The highest BCUT2D eigenvalue weighted by atomic mass is 35.5. The van der Waals surface area contributed by atoms with Gasteiger partial charge in [-0.3, -0.25) is 15.6 Å². The minimum absolute atomic E-state index is 0.0329. The molecule has 0 bridgehead atoms. The Morgan fingerprint density at radius 3 is 2.55 bits per heavy atom. The van der Waals surface area contributed by atoms with Crippen molar-refractivity contribution < 1.29 is 9.18 Å². The predicted octanol–water partition coefficient (Wildman–Crippen LogP) is 2.99. The lowest BCUT2D eigenvalue weighted by atomic mass is 10.2. The minimum atomic E-state index is -0.552. The van der Waals surface area contributed by atoms with Crippen LogP contribution in [0.2, 0.25) is 5.02 Å². The maximum absolute atomic E-state index is 12.9. The van der Waals surface area contributed by atoms with Gasteiger partial charge in [-0.2, -0.15) is 5.10 Å². The number of nitrogens with zero attached hydrogens (tertiary/aromatic N) is 3. The molecular formula is C19H18ClFN6OS. The van der Waals surface area contributed by atoms with Gasteiger partial charge in [0.2, 0.25) is 0 Å². The van der Waals surface area contributed by atoms with Crippen molar-refractivity contribution in [2.45, 2.75) is 20.4 Å². The zero-order chi connectivity index (χ0) is 21.0. The summed E-state index contributed by atoms with van der Waals surface area (Å²) in [5, 5.41) is 7.64. The van der Waals surface area contributed by atoms with Crippen LogP contribution in [-0.2, 0) is 6.54 Å². The van der Waals surface area contributed by atoms with E-state index in [0.29, 0.717) is 12.4 Å². The number of aromatic nitrogens is 3. The molecule has 0 spiro atoms. The molecule has 0 atom stereocenters. The van der Waals surface area contributed by atoms with Crippen LogP contribution < -0.4 is 16.2 Å². The number of thiocarbonyl (C=S) groups is 1. The van der Waals surface area contributed by atoms with Gasteiger partial charge >= 0.3 is 0 Å². The summed E-state index contributed by atoms with van der Waals surface area (Å²) in [7, 11) is 0. The fraction of sp³-hybridized carbons (Fsp3) is 0.158. The Bertz CT molecular complexity index is 1050. The number of hydrogen-bond donors (Lipinski definition) is 3. The predicted molar refractivity (Wildman–Crippen MR) is 112 cm³/mol. The van der Waals surface area contributed by atoms with Crippen molar-refractivity contribution in [3.63, 3.8) is 0 Å². The molecule has 3 N–H and O–H groups in total. The van der Waals surface area contributed by atoms with Crippen molar-refractivity contribution in [3.8, 4) is 5.82 Å². The number of hydrogen-bond acceptors (Lipinski definition) is 4. The molecule has 1 amide bonds. The summed E-state index contributed by atoms with van der Waals surface area (Å²) in [6.07, 6.45) is 0. The molecule has 0 radical (unpaired) electrons. The molecule has 2 aromatic heterocycles. The molecule has 0 saturated carbocycles. The van der Waals surface area contributed by atoms with E-state index in [2.05, 4.69) is 26.3 Å². The smallest absolute Gasteiger partial charge is 0.289 e. The first-order valence-corrected chi connectivity index (χ1v) is 9.41. The Morgan fingerprint density at radius 2 is 1.90 bits per heavy atom. The quantitative estimate of drug-likeness (QED) is 0.434. The normalized spacial score (nSPS) is 10.5. The summed E-state index contributed by atoms with van der Waals surface area (Å²) in [5.41, 5.74) is 7.63. The first-order chi connectivity index (χ1) is 13.8. The van der Waals surface area contributed by atoms with Crippen molar-refractivity contribution in [2.75, 3.05) is 0 Å². The lowest BCUT2D eigenvalue weighted by molar-refractivity contribution is 0.0938. The summed E-state index contributed by atoms with van der Waals surface area (Å²) >= 11 is 11.3. The SMILES string of the molecule is Cc1cc(C)n(-c2ccc(Cl)c(C(=O)NNC(=S)NCc3ccc(F)cc3)n2)n1. The second kappa shape index (κ2) is 8.97. The number of nitrogens with one attached hydrogen (secondary N) is 3. The number of rotatable bonds is 4. The van der Waals surface area contributed by atoms with Crippen LogP contribution in [0.1, 0.15) is 27.4 Å². The van der Waals surface area contributed by atoms with E-state index in [1.165, 1.54) is 12.1 Å². The van der Waals surface area contributed by atoms with Crippen LogP contribution in [0.5, 0.6) is 0 Å². The summed E-state index contributed by atoms with van der Waals surface area (Å²) in [4.78, 5) is 16.8. The van der Waals surface area contributed by atoms with E-state index in [-0.39, 0.29) is 21.6 Å². The van der Waals surface area contributed by atoms with E-state index in [1.807, 2.05) is 19.9 Å². The molecule has 0 aliphatic carbocycles. The largest absolute Gasteiger partial charge is 0.357 e. The zero-order valence-electron chi connectivity index (χ0n) is 15.7. The van der Waals surface area contributed by atoms with Crippen LogP contribution in [-0.4, -0.2) is 25.8 Å². The van der Waals surface area contributed by atoms with Gasteiger partial charge in [0.15, 0.2) is 16.6 Å². The highest BCUT2D eigenvalue weighted by Gasteiger charge is 2.15. The summed E-state index contributed by atoms with van der Waals surface area (Å²) in [6, 6.07) is 11.2. The van der Waals surface area contributed by atoms with E-state index in [1.54, 1.807) is 28.9 Å². The zero-order valence-corrected chi connectivity index (χ0v) is 17.2. The fourth-order valence-corrected chi connectivity index (χ4v) is 2.89. The Hall–Kier alpha value is -3.04. The highest BCUT2D eigenvalue weighted by Crippen LogP contribution is 2.17. The lowest BCUT2D eigenvalue weighted by Crippen LogP contribution is -2.46. The summed E-state index contributed by atoms with van der Waals surface area (Å²) in [6.45, 7) is 4.13. The lowest BCUT2D eigenvalue weighted by Gasteiger charge is -2.12. The van der Waals surface area contributed by atoms with Crippen LogP contribution in [0.15, 0.2) is 42.5 Å². The molecule has 0 saturated heterocycles. The van der Waals surface area contributed by atoms with Crippen LogP contribution >= 0.6 is 23.8 Å². The molecule has 3 rings (SSSR count). The van der Waals surface area contributed by atoms with Gasteiger partial charge in [0.1, 0.15) is 5.82 Å². The topological polar surface area (TPSA) is 83.9 Å². The van der Waals surface area contributed by atoms with Crippen LogP contribution in [0.25, 0.3) is 5.82 Å². The second-order valence-corrected chi connectivity index (χ2v) is 7.04. The van der Waals surface area contributed by atoms with Crippen molar-refractivity contribution in [2.24, 2.45) is 0 Å². The van der Waals surface area contributed by atoms with Crippen molar-refractivity contribution in [3.05, 3.63) is 75.9 Å². The number of carbonyl (C=O) groups excluding carboxylic acids is 1. The monoisotopic (exact) mass is 432 g/mol. The molecule has 0 aliphatic rings. The first kappa shape index (κ1) is 20.7. The molecule has 3 aromatic rings. The van der Waals surface area contributed by atoms with Gasteiger partial charge in [0.25, 0.3) is 5.91 Å². The third kappa shape index (κ3) is 5.27. The van der Waals surface area contributed by atoms with Crippen molar-refractivity contribution in [1.29, 1.82) is 0 Å². The van der Waals surface area contributed by atoms with Crippen molar-refractivity contribution >= 4 is 34.8 Å². The third-order valence-electron chi connectivity index (χ3n) is 3.93. The number of carbonyl (C=O) groups is 1. The number of aryl methyl sites for hydroxylation is 2. The number of pyridine rings is 1. The molecule has 2 heterocycles. The Kier molecular flexibility index (Phi) is 6.40. The van der Waals surface area contributed by atoms with E-state index < -0.39 is 5.91 Å². The number of halogens is 2. The Balaban J connectivity index is 1.61. The van der Waals surface area contributed by atoms with E-state index in [4.69, 9.17) is 23.8 Å². The third-order valence-corrected chi connectivity index (χ3v) is 4.48. The number of hydrazine groups is 1. The summed E-state index contributed by atoms with van der Waals surface area (Å²) < 4.78 is 14.6. The molecule has 7 nitrogen and oxygen atoms in total. The Labute approximate surface area is 177 Å². The maximum atomic E-state index is 12.9. The van der Waals surface area contributed by atoms with Crippen LogP contribution in [0.4, 0.5) is 4.39 Å². The molecule has 0 unspecified atom stereocenters. The van der Waals surface area contributed by atoms with Crippen LogP contribution in [0.3, 0.4) is 0 Å². The van der Waals surface area contributed by atoms with Gasteiger partial charge in [0.05, 0.1) is 10.7 Å². The van der Waals surface area contributed by atoms with E-state index >= 15 is 0 Å². The van der Waals surface area contributed by atoms with Crippen LogP contribution in [0, 0.1) is 19.7 Å². The van der Waals surface area contributed by atoms with Gasteiger partial charge in [-0.25, -0.2) is 14.1 Å². The van der Waals surface area contributed by atoms with Gasteiger partial charge in [0, 0.05) is 12.2 Å². The second-order valence-electron chi connectivity index (χ2n) is 6.23. The average Bonchev–Trinajstić information content (AvgIpc) is 3.04. The van der Waals surface area contributed by atoms with E-state index in [0.717, 1.165) is 17.0 Å². The van der Waals surface area contributed by atoms with Gasteiger partial charge in [-0.1, -0.05) is 23.7 Å². The van der Waals surface area contributed by atoms with Crippen molar-refractivity contribution in [1.82, 2.24) is 30.9 Å². The Morgan fingerprint density at radius 1 is 1.17 bits per heavy atom. The molecule has 29 heavy (non-hydrogen) atoms. The molecule has 1 aromatic carbocycles. The number of amides is 1. The maximum Gasteiger partial charge on any atom is 0.289 e. The fourth-order valence-electron chi connectivity index (χ4n) is 2.57. The van der Waals surface area contributed by atoms with Gasteiger partial charge < -0.3 is 5.32 Å². The molecule has 0 fully saturated rings. The summed E-state index contributed by atoms with van der Waals surface area (Å²) in [5.74, 6) is -0.389. The van der Waals surface area contributed by atoms with Gasteiger partial charge in [-0.15, -0.1) is 0 Å². The molecular weight excluding hydrogens is 415 g/mol. The minimum Gasteiger partial charge on any atom is -0.357 e. The molecule has 150 valence electrons. The average molecular weight is 433 g/mol. The van der Waals surface area contributed by atoms with E-state index in [9.17, 15) is 9.18 Å². The van der Waals surface area contributed by atoms with Gasteiger partial charge in [-0.05, 0) is 62.0 Å². The first-order valence-electron chi connectivity index (χ1n) is 8.62. The standard InChI is InChI=1S/C19H18ClFN6OS/c1-11-9-12(2)27(26-11)16-8-7-15(20)17(23-16)18(28)24-25-19(29)22-10-13-3-5-14(21)6-4-13/h3-9H,10H2,1-2H3,(H,24,28)(H2,22,25,29). The highest BCUT2D eigenvalue weighted by molar-refractivity contribution is 7.80.